The Morgan fingerprint density at radius 2 is 2.36 bits per heavy atom. The molecule has 0 saturated heterocycles. The molecule has 0 saturated carbocycles. The third-order valence-corrected chi connectivity index (χ3v) is 2.72. The summed E-state index contributed by atoms with van der Waals surface area (Å²) in [5.74, 6) is 0.690. The van der Waals surface area contributed by atoms with Crippen LogP contribution in [0.15, 0.2) is 10.9 Å². The quantitative estimate of drug-likeness (QED) is 0.667. The van der Waals surface area contributed by atoms with Crippen LogP contribution in [0, 0.1) is 5.92 Å². The molecule has 4 heteroatoms. The summed E-state index contributed by atoms with van der Waals surface area (Å²) in [5, 5.41) is 8.71. The fourth-order valence-corrected chi connectivity index (χ4v) is 1.94. The van der Waals surface area contributed by atoms with Gasteiger partial charge in [0.2, 0.25) is 0 Å². The molecule has 1 atom stereocenters. The van der Waals surface area contributed by atoms with Crippen LogP contribution in [-0.4, -0.2) is 31.7 Å². The zero-order chi connectivity index (χ0) is 10.2. The summed E-state index contributed by atoms with van der Waals surface area (Å²) < 4.78 is 0. The van der Waals surface area contributed by atoms with Gasteiger partial charge in [0.25, 0.3) is 0 Å². The van der Waals surface area contributed by atoms with E-state index in [1.54, 1.807) is 11.3 Å². The first-order valence-corrected chi connectivity index (χ1v) is 5.99. The standard InChI is InChI=1S/C10H19N3S/c1-9(5-11-2)6-12-4-3-10-7-14-8-13-10/h7-9,11-12H,3-6H2,1-2H3. The molecule has 14 heavy (non-hydrogen) atoms. The van der Waals surface area contributed by atoms with Crippen LogP contribution in [0.3, 0.4) is 0 Å². The lowest BCUT2D eigenvalue weighted by Gasteiger charge is -2.11. The molecule has 1 aromatic rings. The predicted octanol–water partition coefficient (Wildman–Crippen LogP) is 1.13. The molecule has 0 radical (unpaired) electrons. The zero-order valence-corrected chi connectivity index (χ0v) is 9.73. The first-order valence-electron chi connectivity index (χ1n) is 5.05. The summed E-state index contributed by atoms with van der Waals surface area (Å²) in [4.78, 5) is 4.24. The summed E-state index contributed by atoms with van der Waals surface area (Å²) >= 11 is 1.66. The lowest BCUT2D eigenvalue weighted by atomic mass is 10.2. The molecule has 1 unspecified atom stereocenters. The van der Waals surface area contributed by atoms with Crippen LogP contribution in [0.4, 0.5) is 0 Å². The molecule has 1 rings (SSSR count). The molecule has 0 aliphatic carbocycles. The zero-order valence-electron chi connectivity index (χ0n) is 8.92. The van der Waals surface area contributed by atoms with E-state index in [1.165, 1.54) is 5.69 Å². The second kappa shape index (κ2) is 6.92. The lowest BCUT2D eigenvalue weighted by molar-refractivity contribution is 0.493. The SMILES string of the molecule is CNCC(C)CNCCc1cscn1. The van der Waals surface area contributed by atoms with Gasteiger partial charge in [0.15, 0.2) is 0 Å². The Morgan fingerprint density at radius 3 is 3.00 bits per heavy atom. The van der Waals surface area contributed by atoms with E-state index < -0.39 is 0 Å². The van der Waals surface area contributed by atoms with Gasteiger partial charge in [-0.1, -0.05) is 6.92 Å². The normalized spacial score (nSPS) is 13.0. The molecular weight excluding hydrogens is 194 g/mol. The monoisotopic (exact) mass is 213 g/mol. The van der Waals surface area contributed by atoms with Crippen molar-refractivity contribution in [3.63, 3.8) is 0 Å². The molecule has 0 spiro atoms. The van der Waals surface area contributed by atoms with Crippen molar-refractivity contribution in [2.24, 2.45) is 5.92 Å². The third kappa shape index (κ3) is 4.69. The molecule has 80 valence electrons. The summed E-state index contributed by atoms with van der Waals surface area (Å²) in [5.41, 5.74) is 3.09. The number of thiazole rings is 1. The topological polar surface area (TPSA) is 37.0 Å². The molecule has 0 bridgehead atoms. The van der Waals surface area contributed by atoms with E-state index in [2.05, 4.69) is 27.9 Å². The molecule has 2 N–H and O–H groups in total. The highest BCUT2D eigenvalue weighted by atomic mass is 32.1. The maximum atomic E-state index is 4.24. The fourth-order valence-electron chi connectivity index (χ4n) is 1.35. The Kier molecular flexibility index (Phi) is 5.75. The van der Waals surface area contributed by atoms with E-state index in [9.17, 15) is 0 Å². The van der Waals surface area contributed by atoms with Crippen LogP contribution in [0.25, 0.3) is 0 Å². The average molecular weight is 213 g/mol. The van der Waals surface area contributed by atoms with Crippen molar-refractivity contribution < 1.29 is 0 Å². The molecule has 0 aliphatic heterocycles. The van der Waals surface area contributed by atoms with Gasteiger partial charge in [0.05, 0.1) is 11.2 Å². The molecule has 0 amide bonds. The first-order chi connectivity index (χ1) is 6.83. The molecule has 1 aromatic heterocycles. The lowest BCUT2D eigenvalue weighted by Crippen LogP contribution is -2.29. The van der Waals surface area contributed by atoms with Crippen LogP contribution in [0.2, 0.25) is 0 Å². The van der Waals surface area contributed by atoms with Crippen LogP contribution in [0.5, 0.6) is 0 Å². The van der Waals surface area contributed by atoms with Crippen LogP contribution in [-0.2, 0) is 6.42 Å². The van der Waals surface area contributed by atoms with E-state index in [1.807, 2.05) is 12.6 Å². The highest BCUT2D eigenvalue weighted by Gasteiger charge is 1.99. The van der Waals surface area contributed by atoms with Gasteiger partial charge in [-0.3, -0.25) is 0 Å². The van der Waals surface area contributed by atoms with Gasteiger partial charge in [0, 0.05) is 18.3 Å². The number of rotatable bonds is 7. The largest absolute Gasteiger partial charge is 0.319 e. The van der Waals surface area contributed by atoms with Crippen molar-refractivity contribution in [2.75, 3.05) is 26.7 Å². The maximum absolute atomic E-state index is 4.24. The van der Waals surface area contributed by atoms with E-state index in [0.29, 0.717) is 5.92 Å². The second-order valence-electron chi connectivity index (χ2n) is 3.60. The number of hydrogen-bond donors (Lipinski definition) is 2. The first kappa shape index (κ1) is 11.6. The average Bonchev–Trinajstić information content (AvgIpc) is 2.65. The molecule has 0 aliphatic rings. The third-order valence-electron chi connectivity index (χ3n) is 2.09. The summed E-state index contributed by atoms with van der Waals surface area (Å²) in [6.07, 6.45) is 1.04. The summed E-state index contributed by atoms with van der Waals surface area (Å²) in [6, 6.07) is 0. The maximum Gasteiger partial charge on any atom is 0.0794 e. The van der Waals surface area contributed by atoms with Crippen LogP contribution < -0.4 is 10.6 Å². The van der Waals surface area contributed by atoms with Crippen molar-refractivity contribution in [3.05, 3.63) is 16.6 Å². The number of nitrogens with one attached hydrogen (secondary N) is 2. The van der Waals surface area contributed by atoms with Crippen molar-refractivity contribution >= 4 is 11.3 Å². The minimum absolute atomic E-state index is 0.690. The molecule has 3 nitrogen and oxygen atoms in total. The number of hydrogen-bond acceptors (Lipinski definition) is 4. The minimum atomic E-state index is 0.690. The Bertz CT molecular complexity index is 223. The van der Waals surface area contributed by atoms with Gasteiger partial charge < -0.3 is 10.6 Å². The van der Waals surface area contributed by atoms with Crippen molar-refractivity contribution in [3.8, 4) is 0 Å². The van der Waals surface area contributed by atoms with Crippen LogP contribution in [0.1, 0.15) is 12.6 Å². The molecule has 1 heterocycles. The van der Waals surface area contributed by atoms with Gasteiger partial charge in [0.1, 0.15) is 0 Å². The van der Waals surface area contributed by atoms with Gasteiger partial charge in [-0.05, 0) is 26.1 Å². The van der Waals surface area contributed by atoms with Gasteiger partial charge >= 0.3 is 0 Å². The predicted molar refractivity (Wildman–Crippen MR) is 61.8 cm³/mol. The summed E-state index contributed by atoms with van der Waals surface area (Å²) in [6.45, 7) is 5.42. The molecule has 0 aromatic carbocycles. The Morgan fingerprint density at radius 1 is 1.50 bits per heavy atom. The number of nitrogens with zero attached hydrogens (tertiary/aromatic N) is 1. The highest BCUT2D eigenvalue weighted by Crippen LogP contribution is 2.00. The van der Waals surface area contributed by atoms with Crippen molar-refractivity contribution in [2.45, 2.75) is 13.3 Å². The van der Waals surface area contributed by atoms with E-state index in [0.717, 1.165) is 26.1 Å². The molecular formula is C10H19N3S. The highest BCUT2D eigenvalue weighted by molar-refractivity contribution is 7.07. The van der Waals surface area contributed by atoms with E-state index in [-0.39, 0.29) is 0 Å². The Hall–Kier alpha value is -0.450. The minimum Gasteiger partial charge on any atom is -0.319 e. The van der Waals surface area contributed by atoms with Crippen molar-refractivity contribution in [1.29, 1.82) is 0 Å². The number of aromatic nitrogens is 1. The fraction of sp³-hybridized carbons (Fsp3) is 0.700. The van der Waals surface area contributed by atoms with E-state index >= 15 is 0 Å². The second-order valence-corrected chi connectivity index (χ2v) is 4.32. The Labute approximate surface area is 89.9 Å². The Balaban J connectivity index is 1.99. The van der Waals surface area contributed by atoms with Crippen molar-refractivity contribution in [1.82, 2.24) is 15.6 Å². The van der Waals surface area contributed by atoms with Gasteiger partial charge in [-0.25, -0.2) is 4.98 Å². The summed E-state index contributed by atoms with van der Waals surface area (Å²) in [7, 11) is 1.99. The van der Waals surface area contributed by atoms with Crippen LogP contribution >= 0.6 is 11.3 Å². The smallest absolute Gasteiger partial charge is 0.0794 e. The van der Waals surface area contributed by atoms with E-state index in [4.69, 9.17) is 0 Å². The molecule has 0 fully saturated rings. The van der Waals surface area contributed by atoms with Gasteiger partial charge in [-0.15, -0.1) is 11.3 Å². The van der Waals surface area contributed by atoms with Gasteiger partial charge in [-0.2, -0.15) is 0 Å².